The molecule has 6 heteroatoms. The first-order valence-corrected chi connectivity index (χ1v) is 13.1. The summed E-state index contributed by atoms with van der Waals surface area (Å²) >= 11 is 0. The van der Waals surface area contributed by atoms with Gasteiger partial charge in [-0.25, -0.2) is 4.39 Å². The first-order valence-electron chi connectivity index (χ1n) is 13.1. The second-order valence-corrected chi connectivity index (χ2v) is 9.72. The molecule has 0 aliphatic heterocycles. The highest BCUT2D eigenvalue weighted by molar-refractivity contribution is 5.95. The fourth-order valence-electron chi connectivity index (χ4n) is 5.76. The summed E-state index contributed by atoms with van der Waals surface area (Å²) < 4.78 is 16.1. The zero-order chi connectivity index (χ0) is 24.9. The summed E-state index contributed by atoms with van der Waals surface area (Å²) in [7, 11) is 0. The first-order chi connectivity index (χ1) is 16.9. The molecule has 5 nitrogen and oxygen atoms in total. The third-order valence-corrected chi connectivity index (χ3v) is 7.55. The molecule has 0 saturated carbocycles. The number of aromatic nitrogens is 1. The lowest BCUT2D eigenvalue weighted by molar-refractivity contribution is -0.119. The molecule has 0 saturated heterocycles. The van der Waals surface area contributed by atoms with Crippen LogP contribution in [0, 0.1) is 5.82 Å². The number of rotatable bonds is 11. The molecule has 3 aromatic rings. The number of unbranched alkanes of at least 4 members (excludes halogenated alkanes) is 1. The number of halogens is 1. The fourth-order valence-corrected chi connectivity index (χ4v) is 5.76. The van der Waals surface area contributed by atoms with E-state index in [0.717, 1.165) is 91.4 Å². The van der Waals surface area contributed by atoms with E-state index < -0.39 is 0 Å². The van der Waals surface area contributed by atoms with Crippen LogP contribution in [0.2, 0.25) is 0 Å². The molecule has 3 N–H and O–H groups in total. The summed E-state index contributed by atoms with van der Waals surface area (Å²) in [5.41, 5.74) is 11.1. The van der Waals surface area contributed by atoms with Crippen molar-refractivity contribution in [1.29, 1.82) is 0 Å². The Bertz CT molecular complexity index is 1180. The molecule has 1 aromatic heterocycles. The minimum Gasteiger partial charge on any atom is -0.508 e. The van der Waals surface area contributed by atoms with E-state index in [1.807, 2.05) is 12.1 Å². The maximum atomic E-state index is 13.8. The van der Waals surface area contributed by atoms with Crippen LogP contribution < -0.4 is 5.73 Å². The number of phenols is 1. The van der Waals surface area contributed by atoms with E-state index in [9.17, 15) is 14.3 Å². The normalized spacial score (nSPS) is 15.6. The highest BCUT2D eigenvalue weighted by Gasteiger charge is 2.31. The van der Waals surface area contributed by atoms with Gasteiger partial charge in [0.2, 0.25) is 5.91 Å². The Morgan fingerprint density at radius 2 is 1.97 bits per heavy atom. The van der Waals surface area contributed by atoms with Crippen LogP contribution in [-0.4, -0.2) is 40.1 Å². The van der Waals surface area contributed by atoms with Crippen molar-refractivity contribution in [3.63, 3.8) is 0 Å². The van der Waals surface area contributed by atoms with Crippen LogP contribution in [0.15, 0.2) is 36.4 Å². The van der Waals surface area contributed by atoms with E-state index in [4.69, 9.17) is 5.73 Å². The van der Waals surface area contributed by atoms with E-state index >= 15 is 0 Å². The largest absolute Gasteiger partial charge is 0.508 e. The number of phenolic OH excluding ortho intramolecular Hbond substituents is 1. The third-order valence-electron chi connectivity index (χ3n) is 7.55. The van der Waals surface area contributed by atoms with E-state index in [-0.39, 0.29) is 23.4 Å². The topological polar surface area (TPSA) is 71.5 Å². The summed E-state index contributed by atoms with van der Waals surface area (Å²) in [6, 6.07) is 10.4. The molecule has 0 spiro atoms. The second kappa shape index (κ2) is 11.3. The van der Waals surface area contributed by atoms with Gasteiger partial charge in [-0.05, 0) is 106 Å². The molecular formula is C29H38FN3O2. The predicted molar refractivity (Wildman–Crippen MR) is 139 cm³/mol. The molecule has 1 atom stereocenters. The molecule has 1 aliphatic rings. The van der Waals surface area contributed by atoms with Crippen molar-refractivity contribution in [2.75, 3.05) is 19.6 Å². The number of nitrogens with zero attached hydrogens (tertiary/aromatic N) is 2. The van der Waals surface area contributed by atoms with Crippen molar-refractivity contribution in [3.8, 4) is 5.75 Å². The van der Waals surface area contributed by atoms with E-state index in [1.165, 1.54) is 6.07 Å². The van der Waals surface area contributed by atoms with Crippen LogP contribution in [0.1, 0.15) is 67.8 Å². The van der Waals surface area contributed by atoms with Crippen LogP contribution in [0.4, 0.5) is 4.39 Å². The van der Waals surface area contributed by atoms with E-state index in [0.29, 0.717) is 13.0 Å². The predicted octanol–water partition coefficient (Wildman–Crippen LogP) is 5.30. The average Bonchev–Trinajstić information content (AvgIpc) is 3.16. The van der Waals surface area contributed by atoms with Gasteiger partial charge in [-0.1, -0.05) is 26.0 Å². The van der Waals surface area contributed by atoms with Crippen LogP contribution >= 0.6 is 0 Å². The molecule has 2 aromatic carbocycles. The molecule has 1 heterocycles. The Hall–Kier alpha value is -2.86. The van der Waals surface area contributed by atoms with Gasteiger partial charge in [-0.2, -0.15) is 0 Å². The summed E-state index contributed by atoms with van der Waals surface area (Å²) in [6.07, 6.45) is 6.18. The third kappa shape index (κ3) is 5.53. The van der Waals surface area contributed by atoms with Crippen molar-refractivity contribution in [2.24, 2.45) is 5.73 Å². The molecule has 1 aliphatic carbocycles. The number of benzene rings is 2. The summed E-state index contributed by atoms with van der Waals surface area (Å²) in [4.78, 5) is 14.8. The SMILES string of the molecule is CCN(CC)CCCCc1cc(O)cc2c3c(n(CCc4cccc(F)c4)c12)CCCC3C(N)=O. The second-order valence-electron chi connectivity index (χ2n) is 9.72. The van der Waals surface area contributed by atoms with Crippen molar-refractivity contribution >= 4 is 16.8 Å². The molecule has 35 heavy (non-hydrogen) atoms. The van der Waals surface area contributed by atoms with Crippen molar-refractivity contribution in [2.45, 2.75) is 71.3 Å². The van der Waals surface area contributed by atoms with Gasteiger partial charge in [0.05, 0.1) is 11.4 Å². The minimum atomic E-state index is -0.339. The van der Waals surface area contributed by atoms with Gasteiger partial charge >= 0.3 is 0 Å². The van der Waals surface area contributed by atoms with Crippen molar-refractivity contribution < 1.29 is 14.3 Å². The smallest absolute Gasteiger partial charge is 0.225 e. The Morgan fingerprint density at radius 1 is 1.17 bits per heavy atom. The number of carbonyl (C=O) groups is 1. The zero-order valence-corrected chi connectivity index (χ0v) is 21.0. The number of hydrogen-bond acceptors (Lipinski definition) is 3. The number of nitrogens with two attached hydrogens (primary N) is 1. The Kier molecular flexibility index (Phi) is 8.11. The molecule has 1 amide bonds. The number of aryl methyl sites for hydroxylation is 3. The van der Waals surface area contributed by atoms with Crippen molar-refractivity contribution in [3.05, 3.63) is 64.6 Å². The Morgan fingerprint density at radius 3 is 2.69 bits per heavy atom. The number of amides is 1. The molecule has 188 valence electrons. The molecule has 0 fully saturated rings. The lowest BCUT2D eigenvalue weighted by atomic mass is 9.84. The summed E-state index contributed by atoms with van der Waals surface area (Å²) in [5, 5.41) is 11.6. The maximum absolute atomic E-state index is 13.8. The number of primary amides is 1. The van der Waals surface area contributed by atoms with Gasteiger partial charge in [-0.15, -0.1) is 0 Å². The zero-order valence-electron chi connectivity index (χ0n) is 21.0. The lowest BCUT2D eigenvalue weighted by Gasteiger charge is -2.22. The molecule has 0 bridgehead atoms. The summed E-state index contributed by atoms with van der Waals surface area (Å²) in [5.74, 6) is -0.641. The Labute approximate surface area is 207 Å². The minimum absolute atomic E-state index is 0.227. The lowest BCUT2D eigenvalue weighted by Crippen LogP contribution is -2.25. The highest BCUT2D eigenvalue weighted by atomic mass is 19.1. The van der Waals surface area contributed by atoms with Gasteiger partial charge in [0.15, 0.2) is 0 Å². The highest BCUT2D eigenvalue weighted by Crippen LogP contribution is 2.42. The van der Waals surface area contributed by atoms with Gasteiger partial charge in [0, 0.05) is 17.6 Å². The van der Waals surface area contributed by atoms with Crippen LogP contribution in [0.5, 0.6) is 5.75 Å². The van der Waals surface area contributed by atoms with Gasteiger partial charge < -0.3 is 20.3 Å². The van der Waals surface area contributed by atoms with Gasteiger partial charge in [0.25, 0.3) is 0 Å². The molecule has 4 rings (SSSR count). The molecule has 1 unspecified atom stereocenters. The number of carbonyl (C=O) groups excluding carboxylic acids is 1. The van der Waals surface area contributed by atoms with Crippen LogP contribution in [-0.2, 0) is 30.6 Å². The van der Waals surface area contributed by atoms with Crippen LogP contribution in [0.3, 0.4) is 0 Å². The maximum Gasteiger partial charge on any atom is 0.225 e. The van der Waals surface area contributed by atoms with E-state index in [1.54, 1.807) is 18.2 Å². The molecule has 0 radical (unpaired) electrons. The quantitative estimate of drug-likeness (QED) is 0.367. The standard InChI is InChI=1S/C29H38FN3O2/c1-3-32(4-2)15-6-5-10-21-18-23(34)19-25-27-24(29(31)35)12-8-13-26(27)33(28(21)25)16-14-20-9-7-11-22(30)17-20/h7,9,11,17-19,24,34H,3-6,8,10,12-16H2,1-2H3,(H2,31,35). The fraction of sp³-hybridized carbons (Fsp3) is 0.483. The number of hydrogen-bond donors (Lipinski definition) is 2. The van der Waals surface area contributed by atoms with Crippen LogP contribution in [0.25, 0.3) is 10.9 Å². The molecular weight excluding hydrogens is 441 g/mol. The number of aromatic hydroxyl groups is 1. The summed E-state index contributed by atoms with van der Waals surface area (Å²) in [6.45, 7) is 8.24. The van der Waals surface area contributed by atoms with E-state index in [2.05, 4.69) is 23.3 Å². The monoisotopic (exact) mass is 479 g/mol. The first kappa shape index (κ1) is 25.2. The number of fused-ring (bicyclic) bond motifs is 3. The average molecular weight is 480 g/mol. The Balaban J connectivity index is 1.72. The van der Waals surface area contributed by atoms with Crippen molar-refractivity contribution in [1.82, 2.24) is 9.47 Å². The van der Waals surface area contributed by atoms with Gasteiger partial charge in [-0.3, -0.25) is 4.79 Å². The van der Waals surface area contributed by atoms with Gasteiger partial charge in [0.1, 0.15) is 11.6 Å².